The largest absolute Gasteiger partial charge is 0.497 e. The summed E-state index contributed by atoms with van der Waals surface area (Å²) in [5.74, 6) is 0.853. The third kappa shape index (κ3) is 5.62. The first-order valence-corrected chi connectivity index (χ1v) is 6.31. The molecule has 3 nitrogen and oxygen atoms in total. The van der Waals surface area contributed by atoms with Crippen LogP contribution in [0.15, 0.2) is 36.8 Å². The summed E-state index contributed by atoms with van der Waals surface area (Å²) >= 11 is 0. The maximum Gasteiger partial charge on any atom is 0.118 e. The van der Waals surface area contributed by atoms with Gasteiger partial charge in [0.15, 0.2) is 0 Å². The molecule has 0 amide bonds. The van der Waals surface area contributed by atoms with Crippen LogP contribution in [0, 0.1) is 0 Å². The predicted molar refractivity (Wildman–Crippen MR) is 72.4 cm³/mol. The molecule has 1 atom stereocenters. The van der Waals surface area contributed by atoms with Crippen LogP contribution in [0.2, 0.25) is 0 Å². The first kappa shape index (κ1) is 14.4. The normalized spacial score (nSPS) is 12.4. The third-order valence-corrected chi connectivity index (χ3v) is 2.57. The van der Waals surface area contributed by atoms with Crippen LogP contribution in [0.25, 0.3) is 0 Å². The van der Waals surface area contributed by atoms with Crippen molar-refractivity contribution in [2.24, 2.45) is 0 Å². The topological polar surface area (TPSA) is 27.7 Å². The summed E-state index contributed by atoms with van der Waals surface area (Å²) in [5.41, 5.74) is 1.10. The molecule has 0 bridgehead atoms. The highest BCUT2D eigenvalue weighted by atomic mass is 16.5. The molecule has 1 rings (SSSR count). The molecule has 0 spiro atoms. The third-order valence-electron chi connectivity index (χ3n) is 2.57. The summed E-state index contributed by atoms with van der Waals surface area (Å²) in [6.45, 7) is 4.73. The van der Waals surface area contributed by atoms with Gasteiger partial charge in [0.05, 0.1) is 13.2 Å². The van der Waals surface area contributed by atoms with Crippen molar-refractivity contribution in [3.05, 3.63) is 42.4 Å². The van der Waals surface area contributed by atoms with Crippen molar-refractivity contribution in [1.82, 2.24) is 0 Å². The number of benzene rings is 1. The highest BCUT2D eigenvalue weighted by Gasteiger charge is 1.96. The van der Waals surface area contributed by atoms with Crippen molar-refractivity contribution >= 4 is 0 Å². The van der Waals surface area contributed by atoms with E-state index >= 15 is 0 Å². The number of hydrogen-bond donors (Lipinski definition) is 0. The van der Waals surface area contributed by atoms with Crippen molar-refractivity contribution in [1.29, 1.82) is 0 Å². The predicted octanol–water partition coefficient (Wildman–Crippen LogP) is 3.89. The SMILES string of the molecule is CCCC(C)O/C=C\OCc1ccc(OC)cc1. The number of hydrogen-bond acceptors (Lipinski definition) is 3. The van der Waals surface area contributed by atoms with Gasteiger partial charge in [0, 0.05) is 0 Å². The number of ether oxygens (including phenoxy) is 3. The van der Waals surface area contributed by atoms with Gasteiger partial charge in [-0.15, -0.1) is 0 Å². The molecule has 0 aliphatic carbocycles. The molecule has 3 heteroatoms. The van der Waals surface area contributed by atoms with Crippen molar-refractivity contribution in [3.63, 3.8) is 0 Å². The van der Waals surface area contributed by atoms with E-state index < -0.39 is 0 Å². The zero-order valence-electron chi connectivity index (χ0n) is 11.4. The molecule has 0 heterocycles. The van der Waals surface area contributed by atoms with Gasteiger partial charge in [-0.2, -0.15) is 0 Å². The minimum atomic E-state index is 0.246. The Kier molecular flexibility index (Phi) is 6.77. The summed E-state index contributed by atoms with van der Waals surface area (Å²) < 4.78 is 15.9. The van der Waals surface area contributed by atoms with E-state index in [0.717, 1.165) is 24.2 Å². The van der Waals surface area contributed by atoms with E-state index in [1.807, 2.05) is 24.3 Å². The van der Waals surface area contributed by atoms with E-state index in [0.29, 0.717) is 6.61 Å². The molecule has 1 aromatic rings. The van der Waals surface area contributed by atoms with Gasteiger partial charge in [0.1, 0.15) is 24.9 Å². The molecule has 18 heavy (non-hydrogen) atoms. The molecule has 100 valence electrons. The van der Waals surface area contributed by atoms with E-state index in [-0.39, 0.29) is 6.10 Å². The monoisotopic (exact) mass is 250 g/mol. The van der Waals surface area contributed by atoms with E-state index in [4.69, 9.17) is 14.2 Å². The first-order chi connectivity index (χ1) is 8.76. The van der Waals surface area contributed by atoms with Crippen LogP contribution in [-0.4, -0.2) is 13.2 Å². The van der Waals surface area contributed by atoms with Crippen molar-refractivity contribution in [2.75, 3.05) is 7.11 Å². The van der Waals surface area contributed by atoms with Crippen LogP contribution in [0.4, 0.5) is 0 Å². The Morgan fingerprint density at radius 2 is 1.89 bits per heavy atom. The van der Waals surface area contributed by atoms with E-state index in [1.54, 1.807) is 19.6 Å². The molecule has 0 aromatic heterocycles. The van der Waals surface area contributed by atoms with Crippen LogP contribution in [0.1, 0.15) is 32.3 Å². The zero-order chi connectivity index (χ0) is 13.2. The molecule has 0 radical (unpaired) electrons. The quantitative estimate of drug-likeness (QED) is 0.655. The van der Waals surface area contributed by atoms with Crippen LogP contribution in [0.3, 0.4) is 0 Å². The standard InChI is InChI=1S/C15H22O3/c1-4-5-13(2)18-11-10-17-12-14-6-8-15(16-3)9-7-14/h6-11,13H,4-5,12H2,1-3H3/b11-10-. The summed E-state index contributed by atoms with van der Waals surface area (Å²) in [6, 6.07) is 7.80. The van der Waals surface area contributed by atoms with E-state index in [1.165, 1.54) is 0 Å². The Balaban J connectivity index is 2.22. The molecule has 1 unspecified atom stereocenters. The van der Waals surface area contributed by atoms with E-state index in [2.05, 4.69) is 13.8 Å². The summed E-state index contributed by atoms with van der Waals surface area (Å²) in [5, 5.41) is 0. The lowest BCUT2D eigenvalue weighted by molar-refractivity contribution is 0.135. The molecular formula is C15H22O3. The average Bonchev–Trinajstić information content (AvgIpc) is 2.39. The summed E-state index contributed by atoms with van der Waals surface area (Å²) in [4.78, 5) is 0. The van der Waals surface area contributed by atoms with Crippen LogP contribution in [0.5, 0.6) is 5.75 Å². The van der Waals surface area contributed by atoms with Crippen LogP contribution >= 0.6 is 0 Å². The summed E-state index contributed by atoms with van der Waals surface area (Å²) in [6.07, 6.45) is 5.64. The van der Waals surface area contributed by atoms with E-state index in [9.17, 15) is 0 Å². The van der Waals surface area contributed by atoms with Gasteiger partial charge in [-0.1, -0.05) is 25.5 Å². The Bertz CT molecular complexity index is 343. The zero-order valence-corrected chi connectivity index (χ0v) is 11.4. The van der Waals surface area contributed by atoms with Crippen molar-refractivity contribution in [3.8, 4) is 5.75 Å². The number of rotatable bonds is 8. The van der Waals surface area contributed by atoms with Gasteiger partial charge < -0.3 is 14.2 Å². The highest BCUT2D eigenvalue weighted by Crippen LogP contribution is 2.12. The Hall–Kier alpha value is -1.64. The maximum absolute atomic E-state index is 5.43. The van der Waals surface area contributed by atoms with Gasteiger partial charge in [-0.05, 0) is 31.0 Å². The molecule has 0 N–H and O–H groups in total. The number of methoxy groups -OCH3 is 1. The van der Waals surface area contributed by atoms with Crippen molar-refractivity contribution in [2.45, 2.75) is 39.4 Å². The lowest BCUT2D eigenvalue weighted by atomic mass is 10.2. The smallest absolute Gasteiger partial charge is 0.118 e. The molecule has 0 aliphatic heterocycles. The van der Waals surface area contributed by atoms with Gasteiger partial charge >= 0.3 is 0 Å². The Labute approximate surface area is 109 Å². The molecular weight excluding hydrogens is 228 g/mol. The van der Waals surface area contributed by atoms with Gasteiger partial charge in [-0.25, -0.2) is 0 Å². The minimum absolute atomic E-state index is 0.246. The highest BCUT2D eigenvalue weighted by molar-refractivity contribution is 5.26. The van der Waals surface area contributed by atoms with Gasteiger partial charge in [0.2, 0.25) is 0 Å². The van der Waals surface area contributed by atoms with Gasteiger partial charge in [-0.3, -0.25) is 0 Å². The van der Waals surface area contributed by atoms with Crippen LogP contribution in [-0.2, 0) is 16.1 Å². The van der Waals surface area contributed by atoms with Crippen LogP contribution < -0.4 is 4.74 Å². The second-order valence-corrected chi connectivity index (χ2v) is 4.17. The second kappa shape index (κ2) is 8.45. The second-order valence-electron chi connectivity index (χ2n) is 4.17. The first-order valence-electron chi connectivity index (χ1n) is 6.31. The Morgan fingerprint density at radius 1 is 1.17 bits per heavy atom. The summed E-state index contributed by atoms with van der Waals surface area (Å²) in [7, 11) is 1.66. The van der Waals surface area contributed by atoms with Crippen molar-refractivity contribution < 1.29 is 14.2 Å². The molecule has 0 fully saturated rings. The Morgan fingerprint density at radius 3 is 2.50 bits per heavy atom. The molecule has 0 saturated carbocycles. The average molecular weight is 250 g/mol. The lowest BCUT2D eigenvalue weighted by Crippen LogP contribution is -2.02. The lowest BCUT2D eigenvalue weighted by Gasteiger charge is -2.09. The fourth-order valence-corrected chi connectivity index (χ4v) is 1.55. The molecule has 0 aliphatic rings. The maximum atomic E-state index is 5.43. The van der Waals surface area contributed by atoms with Gasteiger partial charge in [0.25, 0.3) is 0 Å². The fourth-order valence-electron chi connectivity index (χ4n) is 1.55. The fraction of sp³-hybridized carbons (Fsp3) is 0.467. The molecule has 0 saturated heterocycles. The minimum Gasteiger partial charge on any atom is -0.497 e. The molecule has 1 aromatic carbocycles.